The van der Waals surface area contributed by atoms with Gasteiger partial charge < -0.3 is 4.74 Å². The topological polar surface area (TPSA) is 9.23 Å². The minimum Gasteiger partial charge on any atom is -0.366 e. The molecular weight excluding hydrogens is 277 g/mol. The molecule has 0 aromatic heterocycles. The fourth-order valence-electron chi connectivity index (χ4n) is 2.55. The molecule has 0 fully saturated rings. The maximum absolute atomic E-state index is 12.4. The van der Waals surface area contributed by atoms with E-state index in [1.54, 1.807) is 0 Å². The molecule has 128 valence electrons. The fraction of sp³-hybridized carbons (Fsp3) is 1.00. The Kier molecular flexibility index (Phi) is 11.2. The Morgan fingerprint density at radius 1 is 0.714 bits per heavy atom. The summed E-state index contributed by atoms with van der Waals surface area (Å²) in [6.07, 6.45) is 7.16. The highest BCUT2D eigenvalue weighted by Crippen LogP contribution is 2.29. The quantitative estimate of drug-likeness (QED) is 0.346. The Balaban J connectivity index is 4.17. The van der Waals surface area contributed by atoms with Gasteiger partial charge in [-0.25, -0.2) is 0 Å². The van der Waals surface area contributed by atoms with Crippen LogP contribution in [0.25, 0.3) is 0 Å². The first-order valence-electron chi connectivity index (χ1n) is 8.53. The Hall–Kier alpha value is -0.250. The maximum atomic E-state index is 12.4. The van der Waals surface area contributed by atoms with E-state index < -0.39 is 18.4 Å². The highest BCUT2D eigenvalue weighted by atomic mass is 19.4. The molecule has 1 unspecified atom stereocenters. The van der Waals surface area contributed by atoms with Crippen molar-refractivity contribution in [2.75, 3.05) is 6.61 Å². The van der Waals surface area contributed by atoms with Gasteiger partial charge in [0.1, 0.15) is 6.61 Å². The van der Waals surface area contributed by atoms with Crippen molar-refractivity contribution in [3.05, 3.63) is 0 Å². The summed E-state index contributed by atoms with van der Waals surface area (Å²) in [5, 5.41) is 0. The van der Waals surface area contributed by atoms with Crippen LogP contribution in [0.5, 0.6) is 0 Å². The SMILES string of the molecule is CCCCCCCC(C)(CCCCCC)OCC(F)(F)F. The first-order valence-corrected chi connectivity index (χ1v) is 8.53. The standard InChI is InChI=1S/C17H33F3O/c1-4-6-8-10-12-14-16(3,13-11-9-7-5-2)21-15-17(18,19)20/h4-15H2,1-3H3. The zero-order valence-corrected chi connectivity index (χ0v) is 14.0. The van der Waals surface area contributed by atoms with Crippen molar-refractivity contribution in [3.8, 4) is 0 Å². The van der Waals surface area contributed by atoms with Gasteiger partial charge in [0, 0.05) is 0 Å². The summed E-state index contributed by atoms with van der Waals surface area (Å²) in [5.41, 5.74) is -0.616. The summed E-state index contributed by atoms with van der Waals surface area (Å²) in [4.78, 5) is 0. The van der Waals surface area contributed by atoms with Crippen molar-refractivity contribution < 1.29 is 17.9 Å². The van der Waals surface area contributed by atoms with Crippen molar-refractivity contribution in [1.29, 1.82) is 0 Å². The lowest BCUT2D eigenvalue weighted by Gasteiger charge is -2.31. The first kappa shape index (κ1) is 20.8. The molecule has 1 atom stereocenters. The monoisotopic (exact) mass is 310 g/mol. The average molecular weight is 310 g/mol. The summed E-state index contributed by atoms with van der Waals surface area (Å²) in [6, 6.07) is 0. The highest BCUT2D eigenvalue weighted by molar-refractivity contribution is 4.76. The van der Waals surface area contributed by atoms with E-state index >= 15 is 0 Å². The Bertz CT molecular complexity index is 241. The summed E-state index contributed by atoms with van der Waals surface area (Å²) in [5.74, 6) is 0. The largest absolute Gasteiger partial charge is 0.411 e. The average Bonchev–Trinajstić information content (AvgIpc) is 2.41. The van der Waals surface area contributed by atoms with Crippen LogP contribution in [0.1, 0.15) is 91.4 Å². The Labute approximate surface area is 128 Å². The second-order valence-electron chi connectivity index (χ2n) is 6.33. The maximum Gasteiger partial charge on any atom is 0.411 e. The third-order valence-electron chi connectivity index (χ3n) is 3.95. The first-order chi connectivity index (χ1) is 9.83. The molecule has 0 aromatic rings. The molecule has 0 saturated heterocycles. The summed E-state index contributed by atoms with van der Waals surface area (Å²) >= 11 is 0. The van der Waals surface area contributed by atoms with E-state index in [-0.39, 0.29) is 0 Å². The molecule has 0 aromatic carbocycles. The molecule has 0 rings (SSSR count). The number of hydrogen-bond donors (Lipinski definition) is 0. The van der Waals surface area contributed by atoms with E-state index in [0.29, 0.717) is 0 Å². The van der Waals surface area contributed by atoms with Crippen molar-refractivity contribution in [2.45, 2.75) is 103 Å². The zero-order valence-electron chi connectivity index (χ0n) is 14.0. The summed E-state index contributed by atoms with van der Waals surface area (Å²) in [7, 11) is 0. The number of unbranched alkanes of at least 4 members (excludes halogenated alkanes) is 7. The van der Waals surface area contributed by atoms with Crippen LogP contribution in [0.2, 0.25) is 0 Å². The third kappa shape index (κ3) is 13.2. The lowest BCUT2D eigenvalue weighted by Crippen LogP contribution is -2.33. The second kappa shape index (κ2) is 11.3. The predicted molar refractivity (Wildman–Crippen MR) is 82.5 cm³/mol. The van der Waals surface area contributed by atoms with Crippen LogP contribution in [0, 0.1) is 0 Å². The van der Waals surface area contributed by atoms with Crippen molar-refractivity contribution in [1.82, 2.24) is 0 Å². The fourth-order valence-corrected chi connectivity index (χ4v) is 2.55. The zero-order chi connectivity index (χ0) is 16.2. The van der Waals surface area contributed by atoms with Gasteiger partial charge in [-0.3, -0.25) is 0 Å². The van der Waals surface area contributed by atoms with E-state index in [4.69, 9.17) is 4.74 Å². The number of hydrogen-bond acceptors (Lipinski definition) is 1. The van der Waals surface area contributed by atoms with Gasteiger partial charge in [-0.05, 0) is 19.8 Å². The molecule has 0 saturated carbocycles. The van der Waals surface area contributed by atoms with E-state index in [1.165, 1.54) is 19.3 Å². The number of alkyl halides is 3. The van der Waals surface area contributed by atoms with Gasteiger partial charge in [0.15, 0.2) is 0 Å². The van der Waals surface area contributed by atoms with Gasteiger partial charge in [-0.15, -0.1) is 0 Å². The van der Waals surface area contributed by atoms with Crippen LogP contribution < -0.4 is 0 Å². The second-order valence-corrected chi connectivity index (χ2v) is 6.33. The van der Waals surface area contributed by atoms with E-state index in [9.17, 15) is 13.2 Å². The minimum absolute atomic E-state index is 0.616. The molecule has 0 aliphatic heterocycles. The number of halogens is 3. The molecule has 0 spiro atoms. The smallest absolute Gasteiger partial charge is 0.366 e. The molecule has 1 nitrogen and oxygen atoms in total. The van der Waals surface area contributed by atoms with E-state index in [1.807, 2.05) is 6.92 Å². The molecule has 0 bridgehead atoms. The van der Waals surface area contributed by atoms with Crippen molar-refractivity contribution >= 4 is 0 Å². The van der Waals surface area contributed by atoms with Crippen LogP contribution in [0.15, 0.2) is 0 Å². The molecule has 0 amide bonds. The summed E-state index contributed by atoms with van der Waals surface area (Å²) < 4.78 is 42.4. The van der Waals surface area contributed by atoms with Gasteiger partial charge in [0.2, 0.25) is 0 Å². The lowest BCUT2D eigenvalue weighted by atomic mass is 9.91. The van der Waals surface area contributed by atoms with Crippen LogP contribution in [-0.4, -0.2) is 18.4 Å². The van der Waals surface area contributed by atoms with E-state index in [0.717, 1.165) is 51.4 Å². The number of rotatable bonds is 13. The normalized spacial score (nSPS) is 15.1. The lowest BCUT2D eigenvalue weighted by molar-refractivity contribution is -0.205. The predicted octanol–water partition coefficient (Wildman–Crippen LogP) is 6.65. The summed E-state index contributed by atoms with van der Waals surface area (Å²) in [6.45, 7) is 5.02. The molecule has 21 heavy (non-hydrogen) atoms. The molecule has 0 aliphatic rings. The van der Waals surface area contributed by atoms with E-state index in [2.05, 4.69) is 13.8 Å². The molecule has 0 aliphatic carbocycles. The van der Waals surface area contributed by atoms with Crippen LogP contribution in [0.3, 0.4) is 0 Å². The van der Waals surface area contributed by atoms with Crippen LogP contribution in [-0.2, 0) is 4.74 Å². The van der Waals surface area contributed by atoms with Crippen molar-refractivity contribution in [3.63, 3.8) is 0 Å². The molecule has 0 heterocycles. The highest BCUT2D eigenvalue weighted by Gasteiger charge is 2.33. The third-order valence-corrected chi connectivity index (χ3v) is 3.95. The van der Waals surface area contributed by atoms with Crippen LogP contribution >= 0.6 is 0 Å². The van der Waals surface area contributed by atoms with Gasteiger partial charge in [-0.1, -0.05) is 71.6 Å². The van der Waals surface area contributed by atoms with Gasteiger partial charge in [0.05, 0.1) is 5.60 Å². The van der Waals surface area contributed by atoms with Gasteiger partial charge >= 0.3 is 6.18 Å². The van der Waals surface area contributed by atoms with Crippen LogP contribution in [0.4, 0.5) is 13.2 Å². The molecule has 0 N–H and O–H groups in total. The van der Waals surface area contributed by atoms with Gasteiger partial charge in [-0.2, -0.15) is 13.2 Å². The van der Waals surface area contributed by atoms with Gasteiger partial charge in [0.25, 0.3) is 0 Å². The molecule has 0 radical (unpaired) electrons. The Morgan fingerprint density at radius 3 is 1.57 bits per heavy atom. The Morgan fingerprint density at radius 2 is 1.14 bits per heavy atom. The minimum atomic E-state index is -4.23. The number of ether oxygens (including phenoxy) is 1. The van der Waals surface area contributed by atoms with Crippen molar-refractivity contribution in [2.24, 2.45) is 0 Å². The molecular formula is C17H33F3O. The molecule has 4 heteroatoms.